The summed E-state index contributed by atoms with van der Waals surface area (Å²) in [6.45, 7) is 1.17. The minimum absolute atomic E-state index is 0.942. The van der Waals surface area contributed by atoms with Crippen molar-refractivity contribution in [2.45, 2.75) is 13.1 Å². The summed E-state index contributed by atoms with van der Waals surface area (Å²) in [5.74, 6) is 1.62. The molecule has 0 N–H and O–H groups in total. The lowest BCUT2D eigenvalue weighted by molar-refractivity contribution is 0.442. The van der Waals surface area contributed by atoms with Gasteiger partial charge in [-0.2, -0.15) is 0 Å². The van der Waals surface area contributed by atoms with Crippen molar-refractivity contribution in [3.05, 3.63) is 0 Å². The van der Waals surface area contributed by atoms with E-state index in [9.17, 15) is 8.78 Å². The molecule has 0 heterocycles. The molecule has 2 heteroatoms. The summed E-state index contributed by atoms with van der Waals surface area (Å²) < 4.78 is 21.9. The second-order valence-electron chi connectivity index (χ2n) is 0.855. The van der Waals surface area contributed by atoms with Gasteiger partial charge in [-0.15, -0.1) is 4.39 Å². The van der Waals surface area contributed by atoms with Crippen molar-refractivity contribution in [3.8, 4) is 12.1 Å². The third-order valence-corrected chi connectivity index (χ3v) is 0.253. The molecular formula is C4H4F2. The van der Waals surface area contributed by atoms with Gasteiger partial charge in [-0.25, -0.2) is 4.39 Å². The summed E-state index contributed by atoms with van der Waals surface area (Å²) in [6, 6.07) is 0. The fraction of sp³-hybridized carbons (Fsp3) is 0.500. The predicted octanol–water partition coefficient (Wildman–Crippen LogP) is 1.27. The van der Waals surface area contributed by atoms with E-state index in [0.29, 0.717) is 0 Å². The van der Waals surface area contributed by atoms with Gasteiger partial charge in [-0.3, -0.25) is 0 Å². The Morgan fingerprint density at radius 1 is 1.67 bits per heavy atom. The molecular weight excluding hydrogens is 86.0 g/mol. The molecule has 0 amide bonds. The molecule has 0 aliphatic rings. The minimum atomic E-state index is -1.34. The average molecular weight is 90.1 g/mol. The highest BCUT2D eigenvalue weighted by atomic mass is 19.1. The summed E-state index contributed by atoms with van der Waals surface area (Å²) in [4.78, 5) is 0. The quantitative estimate of drug-likeness (QED) is 0.393. The van der Waals surface area contributed by atoms with E-state index in [1.165, 1.54) is 6.92 Å². The third kappa shape index (κ3) is 3.42. The molecule has 6 heavy (non-hydrogen) atoms. The van der Waals surface area contributed by atoms with Crippen LogP contribution in [-0.4, -0.2) is 6.17 Å². The number of hydrogen-bond acceptors (Lipinski definition) is 0. The maximum Gasteiger partial charge on any atom is 0.160 e. The molecule has 0 aromatic heterocycles. The molecule has 0 nitrogen and oxygen atoms in total. The van der Waals surface area contributed by atoms with Gasteiger partial charge in [0, 0.05) is 0 Å². The van der Waals surface area contributed by atoms with E-state index in [0.717, 1.165) is 6.17 Å². The maximum absolute atomic E-state index is 11.3. The molecule has 34 valence electrons. The van der Waals surface area contributed by atoms with E-state index in [2.05, 4.69) is 0 Å². The Bertz CT molecular complexity index is 75.3. The highest BCUT2D eigenvalue weighted by molar-refractivity contribution is 4.95. The fourth-order valence-corrected chi connectivity index (χ4v) is 0.0752. The Hall–Kier alpha value is -0.580. The van der Waals surface area contributed by atoms with E-state index in [-0.39, 0.29) is 0 Å². The number of alkyl halides is 1. The van der Waals surface area contributed by atoms with Crippen LogP contribution in [-0.2, 0) is 0 Å². The maximum atomic E-state index is 11.3. The number of halogens is 2. The Morgan fingerprint density at radius 2 is 2.17 bits per heavy atom. The van der Waals surface area contributed by atoms with Crippen molar-refractivity contribution in [2.75, 3.05) is 0 Å². The molecule has 0 rings (SSSR count). The zero-order chi connectivity index (χ0) is 4.99. The number of rotatable bonds is 0. The van der Waals surface area contributed by atoms with Gasteiger partial charge in [0.15, 0.2) is 6.17 Å². The predicted molar refractivity (Wildman–Crippen MR) is 19.5 cm³/mol. The lowest BCUT2D eigenvalue weighted by atomic mass is 10.5. The van der Waals surface area contributed by atoms with Crippen LogP contribution in [0.5, 0.6) is 0 Å². The first-order chi connectivity index (χ1) is 2.77. The highest BCUT2D eigenvalue weighted by Gasteiger charge is 1.82. The normalized spacial score (nSPS) is 11.8. The topological polar surface area (TPSA) is 0 Å². The summed E-state index contributed by atoms with van der Waals surface area (Å²) in [5.41, 5.74) is 0. The lowest BCUT2D eigenvalue weighted by Gasteiger charge is -1.76. The van der Waals surface area contributed by atoms with E-state index in [4.69, 9.17) is 0 Å². The SMILES string of the molecule is CC(F)C#CF. The molecule has 0 spiro atoms. The van der Waals surface area contributed by atoms with Gasteiger partial charge >= 0.3 is 0 Å². The molecule has 0 saturated carbocycles. The second kappa shape index (κ2) is 2.65. The molecule has 1 atom stereocenters. The van der Waals surface area contributed by atoms with Crippen molar-refractivity contribution in [3.63, 3.8) is 0 Å². The van der Waals surface area contributed by atoms with Crippen molar-refractivity contribution < 1.29 is 8.78 Å². The van der Waals surface area contributed by atoms with Gasteiger partial charge in [0.2, 0.25) is 0 Å². The van der Waals surface area contributed by atoms with Gasteiger partial charge in [0.25, 0.3) is 0 Å². The van der Waals surface area contributed by atoms with Crippen LogP contribution in [0.25, 0.3) is 0 Å². The van der Waals surface area contributed by atoms with Crippen LogP contribution in [0, 0.1) is 12.1 Å². The van der Waals surface area contributed by atoms with Gasteiger partial charge in [0.05, 0.1) is 0 Å². The average Bonchev–Trinajstić information content (AvgIpc) is 1.35. The van der Waals surface area contributed by atoms with Crippen LogP contribution >= 0.6 is 0 Å². The first kappa shape index (κ1) is 5.42. The van der Waals surface area contributed by atoms with Crippen LogP contribution in [0.4, 0.5) is 8.78 Å². The van der Waals surface area contributed by atoms with E-state index in [1.54, 1.807) is 5.92 Å². The molecule has 0 aromatic carbocycles. The largest absolute Gasteiger partial charge is 0.234 e. The summed E-state index contributed by atoms with van der Waals surface area (Å²) in [7, 11) is 0. The zero-order valence-electron chi connectivity index (χ0n) is 3.33. The summed E-state index contributed by atoms with van der Waals surface area (Å²) in [5, 5.41) is 0. The lowest BCUT2D eigenvalue weighted by Crippen LogP contribution is -1.81. The molecule has 0 radical (unpaired) electrons. The fourth-order valence-electron chi connectivity index (χ4n) is 0.0752. The molecule has 1 unspecified atom stereocenters. The first-order valence-electron chi connectivity index (χ1n) is 1.52. The Balaban J connectivity index is 3.20. The smallest absolute Gasteiger partial charge is 0.160 e. The highest BCUT2D eigenvalue weighted by Crippen LogP contribution is 1.80. The Labute approximate surface area is 35.2 Å². The van der Waals surface area contributed by atoms with Gasteiger partial charge in [-0.05, 0) is 12.8 Å². The molecule has 0 aliphatic heterocycles. The molecule has 0 aromatic rings. The number of hydrogen-bond donors (Lipinski definition) is 0. The molecule has 0 saturated heterocycles. The molecule has 0 fully saturated rings. The first-order valence-corrected chi connectivity index (χ1v) is 1.52. The van der Waals surface area contributed by atoms with Gasteiger partial charge < -0.3 is 0 Å². The van der Waals surface area contributed by atoms with Crippen LogP contribution in [0.2, 0.25) is 0 Å². The van der Waals surface area contributed by atoms with E-state index >= 15 is 0 Å². The van der Waals surface area contributed by atoms with Gasteiger partial charge in [-0.1, -0.05) is 0 Å². The zero-order valence-corrected chi connectivity index (χ0v) is 3.33. The van der Waals surface area contributed by atoms with Gasteiger partial charge in [0.1, 0.15) is 6.17 Å². The van der Waals surface area contributed by atoms with Crippen LogP contribution in [0.15, 0.2) is 0 Å². The second-order valence-corrected chi connectivity index (χ2v) is 0.855. The minimum Gasteiger partial charge on any atom is -0.234 e. The van der Waals surface area contributed by atoms with Crippen molar-refractivity contribution in [1.82, 2.24) is 0 Å². The van der Waals surface area contributed by atoms with Crippen molar-refractivity contribution in [1.29, 1.82) is 0 Å². The van der Waals surface area contributed by atoms with Crippen molar-refractivity contribution >= 4 is 0 Å². The monoisotopic (exact) mass is 90.0 g/mol. The molecule has 0 bridgehead atoms. The Kier molecular flexibility index (Phi) is 2.39. The third-order valence-electron chi connectivity index (χ3n) is 0.253. The standard InChI is InChI=1S/C4H4F2/c1-4(6)2-3-5/h4H,1H3. The van der Waals surface area contributed by atoms with E-state index < -0.39 is 6.17 Å². The summed E-state index contributed by atoms with van der Waals surface area (Å²) >= 11 is 0. The van der Waals surface area contributed by atoms with E-state index in [1.807, 2.05) is 0 Å². The van der Waals surface area contributed by atoms with Crippen LogP contribution in [0.1, 0.15) is 6.92 Å². The van der Waals surface area contributed by atoms with Crippen molar-refractivity contribution in [2.24, 2.45) is 0 Å². The molecule has 0 aliphatic carbocycles. The summed E-state index contributed by atoms with van der Waals surface area (Å²) in [6.07, 6.45) is -0.396. The van der Waals surface area contributed by atoms with Crippen LogP contribution in [0.3, 0.4) is 0 Å². The Morgan fingerprint density at radius 3 is 2.17 bits per heavy atom. The van der Waals surface area contributed by atoms with Crippen LogP contribution < -0.4 is 0 Å².